The van der Waals surface area contributed by atoms with Gasteiger partial charge in [-0.2, -0.15) is 9.05 Å². The van der Waals surface area contributed by atoms with E-state index in [0.717, 1.165) is 13.1 Å². The third-order valence-electron chi connectivity index (χ3n) is 2.20. The zero-order valence-corrected chi connectivity index (χ0v) is 8.17. The van der Waals surface area contributed by atoms with Gasteiger partial charge in [0.1, 0.15) is 18.9 Å². The lowest BCUT2D eigenvalue weighted by Crippen LogP contribution is -2.20. The molecule has 3 nitrogen and oxygen atoms in total. The summed E-state index contributed by atoms with van der Waals surface area (Å²) in [6.45, 7) is 8.43. The van der Waals surface area contributed by atoms with E-state index < -0.39 is 7.87 Å². The lowest BCUT2D eigenvalue weighted by atomic mass is 10.3. The molecular weight excluding hydrogens is 161 g/mol. The maximum atomic E-state index is 5.76. The van der Waals surface area contributed by atoms with Crippen LogP contribution in [0, 0.1) is 0 Å². The average Bonchev–Trinajstić information content (AvgIpc) is 2.16. The van der Waals surface area contributed by atoms with E-state index in [9.17, 15) is 0 Å². The van der Waals surface area contributed by atoms with Crippen molar-refractivity contribution in [1.82, 2.24) is 4.67 Å². The second-order valence-corrected chi connectivity index (χ2v) is 6.10. The smallest absolute Gasteiger partial charge is 0.183 e. The van der Waals surface area contributed by atoms with Crippen LogP contribution in [0.3, 0.4) is 0 Å². The van der Waals surface area contributed by atoms with Crippen LogP contribution < -0.4 is 0 Å². The van der Waals surface area contributed by atoms with Crippen LogP contribution in [0.25, 0.3) is 0 Å². The Morgan fingerprint density at radius 2 is 1.64 bits per heavy atom. The summed E-state index contributed by atoms with van der Waals surface area (Å²) in [4.78, 5) is 0. The first kappa shape index (κ1) is 7.93. The van der Waals surface area contributed by atoms with Gasteiger partial charge in [-0.1, -0.05) is 0 Å². The highest BCUT2D eigenvalue weighted by molar-refractivity contribution is 7.63. The molecule has 0 N–H and O–H groups in total. The van der Waals surface area contributed by atoms with Crippen molar-refractivity contribution in [1.29, 1.82) is 0 Å². The minimum absolute atomic E-state index is 0.362. The maximum Gasteiger partial charge on any atom is 0.345 e. The predicted octanol–water partition coefficient (Wildman–Crippen LogP) is 1.52. The summed E-state index contributed by atoms with van der Waals surface area (Å²) in [6, 6.07) is 0. The number of rotatable bonds is 0. The van der Waals surface area contributed by atoms with E-state index in [4.69, 9.17) is 9.05 Å². The number of fused-ring (bicyclic) bond motifs is 1. The molecule has 2 saturated heterocycles. The van der Waals surface area contributed by atoms with Crippen LogP contribution in [-0.4, -0.2) is 36.6 Å². The lowest BCUT2D eigenvalue weighted by molar-refractivity contribution is 0.179. The first-order valence-corrected chi connectivity index (χ1v) is 6.11. The second kappa shape index (κ2) is 2.40. The highest BCUT2D eigenvalue weighted by atomic mass is 31.2. The van der Waals surface area contributed by atoms with Crippen molar-refractivity contribution >= 4 is 7.87 Å². The topological polar surface area (TPSA) is 21.7 Å². The van der Waals surface area contributed by atoms with E-state index in [1.165, 1.54) is 0 Å². The highest BCUT2D eigenvalue weighted by Crippen LogP contribution is 2.69. The van der Waals surface area contributed by atoms with Crippen molar-refractivity contribution in [2.45, 2.75) is 26.1 Å². The predicted molar refractivity (Wildman–Crippen MR) is 45.5 cm³/mol. The van der Waals surface area contributed by atoms with Crippen LogP contribution in [0.5, 0.6) is 0 Å². The molecule has 64 valence electrons. The minimum Gasteiger partial charge on any atom is -0.183 e. The summed E-state index contributed by atoms with van der Waals surface area (Å²) in [6.07, 6.45) is 0.724. The van der Waals surface area contributed by atoms with Gasteiger partial charge in [0, 0.05) is 0 Å². The van der Waals surface area contributed by atoms with Gasteiger partial charge in [-0.3, -0.25) is 0 Å². The Labute approximate surface area is 68.2 Å². The van der Waals surface area contributed by atoms with E-state index in [0.29, 0.717) is 12.2 Å². The molecule has 0 radical (unpaired) electrons. The molecule has 2 heterocycles. The van der Waals surface area contributed by atoms with Gasteiger partial charge in [0.2, 0.25) is 0 Å². The van der Waals surface area contributed by atoms with Gasteiger partial charge in [-0.05, 0) is 13.8 Å². The van der Waals surface area contributed by atoms with Crippen molar-refractivity contribution in [3.63, 3.8) is 0 Å². The summed E-state index contributed by atoms with van der Waals surface area (Å²) < 4.78 is 13.9. The standard InChI is InChI=1S/C7H15NO2P/c1-6-4-8-5-7(2)10-11(8,3)9-6/h6-7H,4-5H2,1-3H3/q+1. The van der Waals surface area contributed by atoms with Gasteiger partial charge >= 0.3 is 7.87 Å². The summed E-state index contributed by atoms with van der Waals surface area (Å²) >= 11 is 0. The largest absolute Gasteiger partial charge is 0.345 e. The van der Waals surface area contributed by atoms with E-state index in [1.807, 2.05) is 0 Å². The number of hydrogen-bond donors (Lipinski definition) is 0. The SMILES string of the molecule is CC1CN2CC(C)O[P+]2(C)O1. The molecule has 4 heteroatoms. The molecule has 2 unspecified atom stereocenters. The molecule has 2 aliphatic heterocycles. The van der Waals surface area contributed by atoms with E-state index in [-0.39, 0.29) is 0 Å². The Morgan fingerprint density at radius 1 is 1.18 bits per heavy atom. The van der Waals surface area contributed by atoms with E-state index in [2.05, 4.69) is 25.2 Å². The Balaban J connectivity index is 2.13. The van der Waals surface area contributed by atoms with E-state index in [1.54, 1.807) is 0 Å². The van der Waals surface area contributed by atoms with Gasteiger partial charge in [-0.25, -0.2) is 0 Å². The zero-order chi connectivity index (χ0) is 8.06. The quantitative estimate of drug-likeness (QED) is 0.522. The van der Waals surface area contributed by atoms with Gasteiger partial charge in [-0.15, -0.1) is 4.67 Å². The number of nitrogens with zero attached hydrogens (tertiary/aromatic N) is 1. The highest BCUT2D eigenvalue weighted by Gasteiger charge is 2.58. The fourth-order valence-electron chi connectivity index (χ4n) is 1.86. The molecule has 0 aromatic heterocycles. The van der Waals surface area contributed by atoms with Crippen LogP contribution in [-0.2, 0) is 9.05 Å². The third-order valence-corrected chi connectivity index (χ3v) is 5.06. The Bertz CT molecular complexity index is 162. The normalized spacial score (nSPS) is 51.5. The van der Waals surface area contributed by atoms with Crippen LogP contribution in [0.15, 0.2) is 0 Å². The van der Waals surface area contributed by atoms with Crippen LogP contribution in [0.2, 0.25) is 0 Å². The maximum absolute atomic E-state index is 5.76. The van der Waals surface area contributed by atoms with Gasteiger partial charge in [0.15, 0.2) is 0 Å². The molecule has 2 aliphatic rings. The zero-order valence-electron chi connectivity index (χ0n) is 7.28. The first-order chi connectivity index (χ1) is 5.10. The van der Waals surface area contributed by atoms with Crippen LogP contribution >= 0.6 is 7.87 Å². The summed E-state index contributed by atoms with van der Waals surface area (Å²) in [5.74, 6) is 0. The molecule has 0 aliphatic carbocycles. The third kappa shape index (κ3) is 1.20. The molecule has 2 atom stereocenters. The Morgan fingerprint density at radius 3 is 2.00 bits per heavy atom. The van der Waals surface area contributed by atoms with Crippen LogP contribution in [0.4, 0.5) is 0 Å². The lowest BCUT2D eigenvalue weighted by Gasteiger charge is -2.11. The fraction of sp³-hybridized carbons (Fsp3) is 1.00. The Kier molecular flexibility index (Phi) is 1.73. The molecule has 2 fully saturated rings. The van der Waals surface area contributed by atoms with Crippen molar-refractivity contribution in [2.24, 2.45) is 0 Å². The fourth-order valence-corrected chi connectivity index (χ4v) is 4.70. The number of hydrogen-bond acceptors (Lipinski definition) is 3. The molecule has 0 saturated carbocycles. The molecule has 2 rings (SSSR count). The van der Waals surface area contributed by atoms with Crippen molar-refractivity contribution in [3.05, 3.63) is 0 Å². The second-order valence-electron chi connectivity index (χ2n) is 3.51. The summed E-state index contributed by atoms with van der Waals surface area (Å²) in [7, 11) is -1.56. The minimum atomic E-state index is -1.56. The summed E-state index contributed by atoms with van der Waals surface area (Å²) in [5, 5.41) is 0. The van der Waals surface area contributed by atoms with Gasteiger partial charge in [0.05, 0.1) is 13.1 Å². The molecule has 0 aromatic rings. The Hall–Kier alpha value is 0.310. The molecule has 0 aromatic carbocycles. The monoisotopic (exact) mass is 176 g/mol. The van der Waals surface area contributed by atoms with Crippen molar-refractivity contribution in [3.8, 4) is 0 Å². The van der Waals surface area contributed by atoms with Gasteiger partial charge < -0.3 is 0 Å². The average molecular weight is 176 g/mol. The van der Waals surface area contributed by atoms with Crippen molar-refractivity contribution in [2.75, 3.05) is 19.8 Å². The van der Waals surface area contributed by atoms with E-state index >= 15 is 0 Å². The first-order valence-electron chi connectivity index (χ1n) is 4.09. The molecule has 0 amide bonds. The summed E-state index contributed by atoms with van der Waals surface area (Å²) in [5.41, 5.74) is 0. The molecule has 11 heavy (non-hydrogen) atoms. The van der Waals surface area contributed by atoms with Gasteiger partial charge in [0.25, 0.3) is 0 Å². The van der Waals surface area contributed by atoms with Crippen LogP contribution in [0.1, 0.15) is 13.8 Å². The molecule has 0 bridgehead atoms. The molecule has 0 spiro atoms. The van der Waals surface area contributed by atoms with Crippen molar-refractivity contribution < 1.29 is 9.05 Å². The molecular formula is C7H15NO2P+.